The fourth-order valence-electron chi connectivity index (χ4n) is 3.96. The molecular formula is C17H28O2Si. The number of fused-ring (bicyclic) bond motifs is 5. The molecule has 2 bridgehead atoms. The Morgan fingerprint density at radius 1 is 1.00 bits per heavy atom. The lowest BCUT2D eigenvalue weighted by molar-refractivity contribution is 0.0327. The van der Waals surface area contributed by atoms with Crippen LogP contribution in [-0.4, -0.2) is 25.6 Å². The second kappa shape index (κ2) is 4.55. The molecule has 20 heavy (non-hydrogen) atoms. The van der Waals surface area contributed by atoms with Gasteiger partial charge in [-0.1, -0.05) is 45.1 Å². The number of rotatable bonds is 2. The van der Waals surface area contributed by atoms with E-state index in [1.54, 1.807) is 0 Å². The van der Waals surface area contributed by atoms with Crippen molar-refractivity contribution in [1.82, 2.24) is 0 Å². The van der Waals surface area contributed by atoms with Gasteiger partial charge in [-0.05, 0) is 42.3 Å². The van der Waals surface area contributed by atoms with Crippen LogP contribution in [0.3, 0.4) is 0 Å². The SMILES string of the molecule is CC(C)(C)[Si](C)(C)O[C@H]1C=C[C@@H](O)[C@@H]2[C@H]1[C@@H]1C=C[C@H]2C1. The van der Waals surface area contributed by atoms with E-state index >= 15 is 0 Å². The van der Waals surface area contributed by atoms with Gasteiger partial charge < -0.3 is 9.53 Å². The zero-order valence-corrected chi connectivity index (χ0v) is 14.3. The van der Waals surface area contributed by atoms with E-state index < -0.39 is 8.32 Å². The average molecular weight is 292 g/mol. The number of aliphatic hydroxyl groups excluding tert-OH is 1. The zero-order chi connectivity index (χ0) is 14.7. The van der Waals surface area contributed by atoms with Crippen molar-refractivity contribution in [3.63, 3.8) is 0 Å². The summed E-state index contributed by atoms with van der Waals surface area (Å²) in [5.74, 6) is 2.04. The van der Waals surface area contributed by atoms with Crippen molar-refractivity contribution in [1.29, 1.82) is 0 Å². The van der Waals surface area contributed by atoms with Crippen molar-refractivity contribution < 1.29 is 9.53 Å². The third-order valence-electron chi connectivity index (χ3n) is 6.09. The molecule has 0 heterocycles. The van der Waals surface area contributed by atoms with Crippen LogP contribution >= 0.6 is 0 Å². The maximum Gasteiger partial charge on any atom is 0.192 e. The Labute approximate surface area is 124 Å². The third kappa shape index (κ3) is 2.15. The molecule has 112 valence electrons. The van der Waals surface area contributed by atoms with Gasteiger partial charge in [-0.15, -0.1) is 0 Å². The van der Waals surface area contributed by atoms with Gasteiger partial charge in [-0.3, -0.25) is 0 Å². The summed E-state index contributed by atoms with van der Waals surface area (Å²) in [6.45, 7) is 11.5. The monoisotopic (exact) mass is 292 g/mol. The Kier molecular flexibility index (Phi) is 3.31. The zero-order valence-electron chi connectivity index (χ0n) is 13.3. The molecule has 0 aromatic rings. The van der Waals surface area contributed by atoms with Crippen LogP contribution in [0.5, 0.6) is 0 Å². The van der Waals surface area contributed by atoms with E-state index in [2.05, 4.69) is 52.1 Å². The molecule has 2 nitrogen and oxygen atoms in total. The van der Waals surface area contributed by atoms with Gasteiger partial charge >= 0.3 is 0 Å². The van der Waals surface area contributed by atoms with Gasteiger partial charge in [-0.2, -0.15) is 0 Å². The first-order valence-corrected chi connectivity index (χ1v) is 10.8. The van der Waals surface area contributed by atoms with E-state index in [9.17, 15) is 5.11 Å². The highest BCUT2D eigenvalue weighted by Gasteiger charge is 2.53. The van der Waals surface area contributed by atoms with E-state index in [0.29, 0.717) is 23.7 Å². The fraction of sp³-hybridized carbons (Fsp3) is 0.765. The molecule has 0 amide bonds. The molecular weight excluding hydrogens is 264 g/mol. The lowest BCUT2D eigenvalue weighted by atomic mass is 9.73. The molecule has 3 aliphatic rings. The predicted molar refractivity (Wildman–Crippen MR) is 84.9 cm³/mol. The number of hydrogen-bond acceptors (Lipinski definition) is 2. The molecule has 0 spiro atoms. The maximum atomic E-state index is 10.3. The number of aliphatic hydroxyl groups is 1. The first kappa shape index (κ1) is 14.5. The normalized spacial score (nSPS) is 43.1. The summed E-state index contributed by atoms with van der Waals surface area (Å²) in [6.07, 6.45) is 9.93. The molecule has 3 heteroatoms. The fourth-order valence-corrected chi connectivity index (χ4v) is 5.23. The van der Waals surface area contributed by atoms with Gasteiger partial charge in [0.2, 0.25) is 0 Å². The van der Waals surface area contributed by atoms with Crippen molar-refractivity contribution in [2.45, 2.75) is 57.5 Å². The molecule has 0 saturated heterocycles. The Balaban J connectivity index is 1.84. The van der Waals surface area contributed by atoms with Crippen LogP contribution < -0.4 is 0 Å². The molecule has 0 aromatic heterocycles. The minimum Gasteiger partial charge on any atom is -0.410 e. The van der Waals surface area contributed by atoms with Crippen molar-refractivity contribution in [3.8, 4) is 0 Å². The predicted octanol–water partition coefficient (Wildman–Crippen LogP) is 3.75. The molecule has 0 unspecified atom stereocenters. The lowest BCUT2D eigenvalue weighted by Crippen LogP contribution is -2.49. The summed E-state index contributed by atoms with van der Waals surface area (Å²) in [4.78, 5) is 0. The molecule has 1 saturated carbocycles. The third-order valence-corrected chi connectivity index (χ3v) is 10.6. The lowest BCUT2D eigenvalue weighted by Gasteiger charge is -2.45. The number of allylic oxidation sites excluding steroid dienone is 2. The van der Waals surface area contributed by atoms with E-state index in [0.717, 1.165) is 0 Å². The second-order valence-corrected chi connectivity index (χ2v) is 13.1. The molecule has 0 radical (unpaired) electrons. The first-order valence-electron chi connectivity index (χ1n) is 7.93. The minimum atomic E-state index is -1.76. The van der Waals surface area contributed by atoms with Gasteiger partial charge in [0.15, 0.2) is 8.32 Å². The summed E-state index contributed by atoms with van der Waals surface area (Å²) in [7, 11) is -1.76. The van der Waals surface area contributed by atoms with Gasteiger partial charge in [0, 0.05) is 5.92 Å². The molecule has 1 N–H and O–H groups in total. The van der Waals surface area contributed by atoms with E-state index in [1.807, 2.05) is 6.08 Å². The van der Waals surface area contributed by atoms with Crippen molar-refractivity contribution in [2.24, 2.45) is 23.7 Å². The summed E-state index contributed by atoms with van der Waals surface area (Å²) >= 11 is 0. The van der Waals surface area contributed by atoms with Gasteiger partial charge in [0.25, 0.3) is 0 Å². The summed E-state index contributed by atoms with van der Waals surface area (Å²) in [6, 6.07) is 0. The van der Waals surface area contributed by atoms with E-state index in [1.165, 1.54) is 6.42 Å². The standard InChI is InChI=1S/C17H28O2Si/c1-17(2,3)20(4,5)19-14-9-8-13(18)15-11-6-7-12(10-11)16(14)15/h6-9,11-16,18H,10H2,1-5H3/t11-,12+,13+,14-,15+,16-/m0/s1. The van der Waals surface area contributed by atoms with Crippen LogP contribution in [0.25, 0.3) is 0 Å². The first-order chi connectivity index (χ1) is 9.21. The summed E-state index contributed by atoms with van der Waals surface area (Å²) < 4.78 is 6.67. The van der Waals surface area contributed by atoms with E-state index in [4.69, 9.17) is 4.43 Å². The molecule has 1 fully saturated rings. The number of hydrogen-bond donors (Lipinski definition) is 1. The highest BCUT2D eigenvalue weighted by molar-refractivity contribution is 6.74. The van der Waals surface area contributed by atoms with Gasteiger partial charge in [-0.25, -0.2) is 0 Å². The van der Waals surface area contributed by atoms with Crippen LogP contribution in [0, 0.1) is 23.7 Å². The van der Waals surface area contributed by atoms with Crippen LogP contribution in [0.15, 0.2) is 24.3 Å². The van der Waals surface area contributed by atoms with Crippen molar-refractivity contribution in [2.75, 3.05) is 0 Å². The van der Waals surface area contributed by atoms with Crippen LogP contribution in [0.2, 0.25) is 18.1 Å². The molecule has 6 atom stereocenters. The van der Waals surface area contributed by atoms with Crippen LogP contribution in [0.1, 0.15) is 27.2 Å². The molecule has 3 aliphatic carbocycles. The Bertz CT molecular complexity index is 446. The Morgan fingerprint density at radius 3 is 2.20 bits per heavy atom. The van der Waals surface area contributed by atoms with Crippen LogP contribution in [-0.2, 0) is 4.43 Å². The van der Waals surface area contributed by atoms with Gasteiger partial charge in [0.05, 0.1) is 12.2 Å². The quantitative estimate of drug-likeness (QED) is 0.620. The van der Waals surface area contributed by atoms with Gasteiger partial charge in [0.1, 0.15) is 0 Å². The summed E-state index contributed by atoms with van der Waals surface area (Å²) in [5, 5.41) is 10.5. The Morgan fingerprint density at radius 2 is 1.60 bits per heavy atom. The summed E-state index contributed by atoms with van der Waals surface area (Å²) in [5.41, 5.74) is 0. The highest BCUT2D eigenvalue weighted by atomic mass is 28.4. The van der Waals surface area contributed by atoms with Crippen molar-refractivity contribution >= 4 is 8.32 Å². The molecule has 0 aromatic carbocycles. The average Bonchev–Trinajstić information content (AvgIpc) is 2.92. The van der Waals surface area contributed by atoms with E-state index in [-0.39, 0.29) is 17.2 Å². The molecule has 3 rings (SSSR count). The van der Waals surface area contributed by atoms with Crippen LogP contribution in [0.4, 0.5) is 0 Å². The highest BCUT2D eigenvalue weighted by Crippen LogP contribution is 2.54. The smallest absolute Gasteiger partial charge is 0.192 e. The Hall–Kier alpha value is -0.383. The topological polar surface area (TPSA) is 29.5 Å². The van der Waals surface area contributed by atoms with Crippen molar-refractivity contribution in [3.05, 3.63) is 24.3 Å². The largest absolute Gasteiger partial charge is 0.410 e. The minimum absolute atomic E-state index is 0.198. The maximum absolute atomic E-state index is 10.3. The second-order valence-electron chi connectivity index (χ2n) is 8.32. The molecule has 0 aliphatic heterocycles.